The van der Waals surface area contributed by atoms with E-state index in [1.54, 1.807) is 12.1 Å². The molecule has 1 amide bonds. The summed E-state index contributed by atoms with van der Waals surface area (Å²) in [5.41, 5.74) is 0.782. The summed E-state index contributed by atoms with van der Waals surface area (Å²) >= 11 is 0. The summed E-state index contributed by atoms with van der Waals surface area (Å²) in [5, 5.41) is 3.93. The zero-order chi connectivity index (χ0) is 17.4. The van der Waals surface area contributed by atoms with Crippen LogP contribution in [0.1, 0.15) is 16.1 Å². The summed E-state index contributed by atoms with van der Waals surface area (Å²) in [6, 6.07) is 14.0. The zero-order valence-electron chi connectivity index (χ0n) is 12.9. The smallest absolute Gasteiger partial charge is 0.336 e. The molecule has 0 bridgehead atoms. The predicted octanol–water partition coefficient (Wildman–Crippen LogP) is 3.61. The lowest BCUT2D eigenvalue weighted by Crippen LogP contribution is -2.23. The normalized spacial score (nSPS) is 11.1. The number of hydrogen-bond acceptors (Lipinski definition) is 4. The summed E-state index contributed by atoms with van der Waals surface area (Å²) < 4.78 is 24.0. The van der Waals surface area contributed by atoms with E-state index in [-0.39, 0.29) is 17.9 Å². The van der Waals surface area contributed by atoms with Gasteiger partial charge in [-0.25, -0.2) is 9.18 Å². The van der Waals surface area contributed by atoms with E-state index < -0.39 is 17.3 Å². The highest BCUT2D eigenvalue weighted by atomic mass is 19.1. The molecule has 124 valence electrons. The van der Waals surface area contributed by atoms with E-state index in [1.165, 1.54) is 24.3 Å². The van der Waals surface area contributed by atoms with Gasteiger partial charge >= 0.3 is 5.63 Å². The van der Waals surface area contributed by atoms with Crippen molar-refractivity contribution in [2.45, 2.75) is 6.54 Å². The predicted molar refractivity (Wildman–Crippen MR) is 89.8 cm³/mol. The minimum absolute atomic E-state index is 0.0431. The van der Waals surface area contributed by atoms with Gasteiger partial charge in [-0.3, -0.25) is 4.79 Å². The van der Waals surface area contributed by atoms with Gasteiger partial charge in [-0.1, -0.05) is 18.2 Å². The van der Waals surface area contributed by atoms with E-state index in [1.807, 2.05) is 18.2 Å². The molecule has 25 heavy (non-hydrogen) atoms. The average Bonchev–Trinajstić information content (AvgIpc) is 3.04. The first-order chi connectivity index (χ1) is 12.1. The zero-order valence-corrected chi connectivity index (χ0v) is 12.9. The summed E-state index contributed by atoms with van der Waals surface area (Å²) in [7, 11) is 0. The number of halogens is 1. The Morgan fingerprint density at radius 2 is 1.84 bits per heavy atom. The van der Waals surface area contributed by atoms with Gasteiger partial charge < -0.3 is 14.2 Å². The first kappa shape index (κ1) is 15.1. The molecule has 0 aliphatic carbocycles. The highest BCUT2D eigenvalue weighted by Gasteiger charge is 2.13. The third kappa shape index (κ3) is 2.89. The number of nitrogens with one attached hydrogen (secondary N) is 1. The second-order valence-electron chi connectivity index (χ2n) is 5.56. The fourth-order valence-corrected chi connectivity index (χ4v) is 2.70. The van der Waals surface area contributed by atoms with Crippen molar-refractivity contribution in [3.63, 3.8) is 0 Å². The first-order valence-electron chi connectivity index (χ1n) is 7.59. The number of para-hydroxylation sites is 1. The Morgan fingerprint density at radius 1 is 1.00 bits per heavy atom. The van der Waals surface area contributed by atoms with Crippen LogP contribution in [0.5, 0.6) is 0 Å². The minimum atomic E-state index is -0.563. The molecule has 2 heterocycles. The standard InChI is InChI=1S/C19H12FNO4/c20-13-5-6-16-14(9-13)12(8-18(22)25-16)10-21-19(23)17-7-11-3-1-2-4-15(11)24-17/h1-9H,10H2,(H,21,23). The minimum Gasteiger partial charge on any atom is -0.451 e. The van der Waals surface area contributed by atoms with Crippen LogP contribution in [0.3, 0.4) is 0 Å². The molecule has 0 aliphatic rings. The first-order valence-corrected chi connectivity index (χ1v) is 7.59. The van der Waals surface area contributed by atoms with Crippen LogP contribution in [0.4, 0.5) is 4.39 Å². The molecule has 0 spiro atoms. The molecule has 0 saturated carbocycles. The van der Waals surface area contributed by atoms with Crippen molar-refractivity contribution in [1.29, 1.82) is 0 Å². The van der Waals surface area contributed by atoms with Crippen molar-refractivity contribution in [2.24, 2.45) is 0 Å². The van der Waals surface area contributed by atoms with E-state index in [4.69, 9.17) is 8.83 Å². The molecule has 0 saturated heterocycles. The van der Waals surface area contributed by atoms with Crippen molar-refractivity contribution < 1.29 is 18.0 Å². The molecule has 0 unspecified atom stereocenters. The van der Waals surface area contributed by atoms with Crippen LogP contribution >= 0.6 is 0 Å². The van der Waals surface area contributed by atoms with Crippen molar-refractivity contribution in [2.75, 3.05) is 0 Å². The Bertz CT molecular complexity index is 1130. The van der Waals surface area contributed by atoms with Crippen LogP contribution in [-0.4, -0.2) is 5.91 Å². The Hall–Kier alpha value is -3.41. The van der Waals surface area contributed by atoms with Gasteiger partial charge in [0, 0.05) is 23.4 Å². The number of rotatable bonds is 3. The lowest BCUT2D eigenvalue weighted by atomic mass is 10.1. The molecule has 0 aliphatic heterocycles. The number of benzene rings is 2. The van der Waals surface area contributed by atoms with Gasteiger partial charge in [0.2, 0.25) is 0 Å². The van der Waals surface area contributed by atoms with Crippen LogP contribution < -0.4 is 10.9 Å². The van der Waals surface area contributed by atoms with Gasteiger partial charge in [-0.05, 0) is 35.9 Å². The summed E-state index contributed by atoms with van der Waals surface area (Å²) in [5.74, 6) is -0.708. The molecule has 6 heteroatoms. The van der Waals surface area contributed by atoms with E-state index in [9.17, 15) is 14.0 Å². The van der Waals surface area contributed by atoms with Crippen molar-refractivity contribution >= 4 is 27.8 Å². The van der Waals surface area contributed by atoms with Crippen LogP contribution in [0.15, 0.2) is 68.2 Å². The van der Waals surface area contributed by atoms with E-state index in [0.717, 1.165) is 5.39 Å². The fraction of sp³-hybridized carbons (Fsp3) is 0.0526. The van der Waals surface area contributed by atoms with Crippen molar-refractivity contribution in [3.8, 4) is 0 Å². The maximum Gasteiger partial charge on any atom is 0.336 e. The number of fused-ring (bicyclic) bond motifs is 2. The summed E-state index contributed by atoms with van der Waals surface area (Å²) in [6.07, 6.45) is 0. The van der Waals surface area contributed by atoms with E-state index in [0.29, 0.717) is 16.5 Å². The summed E-state index contributed by atoms with van der Waals surface area (Å²) in [4.78, 5) is 23.9. The molecule has 5 nitrogen and oxygen atoms in total. The van der Waals surface area contributed by atoms with Crippen molar-refractivity contribution in [3.05, 3.63) is 82.2 Å². The second kappa shape index (κ2) is 5.90. The number of furan rings is 1. The van der Waals surface area contributed by atoms with Crippen molar-refractivity contribution in [1.82, 2.24) is 5.32 Å². The molecular formula is C19H12FNO4. The van der Waals surface area contributed by atoms with Crippen LogP contribution in [0, 0.1) is 5.82 Å². The lowest BCUT2D eigenvalue weighted by molar-refractivity contribution is 0.0925. The maximum atomic E-state index is 13.5. The molecule has 0 atom stereocenters. The van der Waals surface area contributed by atoms with E-state index >= 15 is 0 Å². The quantitative estimate of drug-likeness (QED) is 0.580. The lowest BCUT2D eigenvalue weighted by Gasteiger charge is -2.06. The molecule has 0 fully saturated rings. The topological polar surface area (TPSA) is 72.5 Å². The number of carbonyl (C=O) groups is 1. The molecule has 0 radical (unpaired) electrons. The van der Waals surface area contributed by atoms with Gasteiger partial charge in [-0.2, -0.15) is 0 Å². The van der Waals surface area contributed by atoms with E-state index in [2.05, 4.69) is 5.32 Å². The Balaban J connectivity index is 1.62. The molecule has 4 aromatic rings. The number of hydrogen-bond donors (Lipinski definition) is 1. The molecule has 4 rings (SSSR count). The summed E-state index contributed by atoms with van der Waals surface area (Å²) in [6.45, 7) is 0.0431. The van der Waals surface area contributed by atoms with Gasteiger partial charge in [0.15, 0.2) is 5.76 Å². The molecular weight excluding hydrogens is 325 g/mol. The molecule has 2 aromatic carbocycles. The molecule has 1 N–H and O–H groups in total. The maximum absolute atomic E-state index is 13.5. The Labute approximate surface area is 140 Å². The van der Waals surface area contributed by atoms with Gasteiger partial charge in [-0.15, -0.1) is 0 Å². The van der Waals surface area contributed by atoms with Gasteiger partial charge in [0.05, 0.1) is 0 Å². The fourth-order valence-electron chi connectivity index (χ4n) is 2.70. The largest absolute Gasteiger partial charge is 0.451 e. The van der Waals surface area contributed by atoms with Gasteiger partial charge in [0.1, 0.15) is 17.0 Å². The highest BCUT2D eigenvalue weighted by Crippen LogP contribution is 2.20. The number of amides is 1. The average molecular weight is 337 g/mol. The SMILES string of the molecule is O=C(NCc1cc(=O)oc2ccc(F)cc12)c1cc2ccccc2o1. The second-order valence-corrected chi connectivity index (χ2v) is 5.56. The number of carbonyl (C=O) groups excluding carboxylic acids is 1. The monoisotopic (exact) mass is 337 g/mol. The van der Waals surface area contributed by atoms with Crippen LogP contribution in [-0.2, 0) is 6.54 Å². The van der Waals surface area contributed by atoms with Crippen LogP contribution in [0.2, 0.25) is 0 Å². The van der Waals surface area contributed by atoms with Crippen LogP contribution in [0.25, 0.3) is 21.9 Å². The third-order valence-corrected chi connectivity index (χ3v) is 3.88. The highest BCUT2D eigenvalue weighted by molar-refractivity contribution is 5.96. The Morgan fingerprint density at radius 3 is 2.68 bits per heavy atom. The van der Waals surface area contributed by atoms with Gasteiger partial charge in [0.25, 0.3) is 5.91 Å². The molecule has 2 aromatic heterocycles. The Kier molecular flexibility index (Phi) is 3.57. The third-order valence-electron chi connectivity index (χ3n) is 3.88.